The van der Waals surface area contributed by atoms with Crippen LogP contribution in [0.3, 0.4) is 0 Å². The standard InChI is InChI=1S/C13H16O3Si/c1-14-17(15-2,16-3)9-8-11-4-5-12-6-7-13(12)10-11/h4-10H,1-3H3/b9-8+. The Labute approximate surface area is 103 Å². The molecule has 0 amide bonds. The van der Waals surface area contributed by atoms with Gasteiger partial charge in [-0.1, -0.05) is 30.4 Å². The molecule has 0 atom stereocenters. The smallest absolute Gasteiger partial charge is 0.374 e. The van der Waals surface area contributed by atoms with Gasteiger partial charge in [0.2, 0.25) is 0 Å². The number of rotatable bonds is 5. The van der Waals surface area contributed by atoms with E-state index in [1.165, 1.54) is 11.1 Å². The predicted octanol–water partition coefficient (Wildman–Crippen LogP) is 2.60. The Morgan fingerprint density at radius 1 is 0.941 bits per heavy atom. The van der Waals surface area contributed by atoms with Crippen molar-refractivity contribution in [3.63, 3.8) is 0 Å². The first-order valence-electron chi connectivity index (χ1n) is 5.40. The van der Waals surface area contributed by atoms with Gasteiger partial charge in [0.15, 0.2) is 0 Å². The number of benzene rings is 1. The van der Waals surface area contributed by atoms with Crippen molar-refractivity contribution in [2.75, 3.05) is 21.3 Å². The minimum absolute atomic E-state index is 1.12. The van der Waals surface area contributed by atoms with Crippen LogP contribution in [0.1, 0.15) is 16.7 Å². The fourth-order valence-electron chi connectivity index (χ4n) is 1.73. The molecule has 1 aliphatic carbocycles. The zero-order valence-corrected chi connectivity index (χ0v) is 11.3. The van der Waals surface area contributed by atoms with E-state index in [4.69, 9.17) is 13.3 Å². The maximum Gasteiger partial charge on any atom is 0.528 e. The lowest BCUT2D eigenvalue weighted by molar-refractivity contribution is 0.139. The average molecular weight is 248 g/mol. The van der Waals surface area contributed by atoms with Crippen molar-refractivity contribution in [3.05, 3.63) is 40.6 Å². The summed E-state index contributed by atoms with van der Waals surface area (Å²) in [6.45, 7) is 0. The molecule has 1 aromatic carbocycles. The van der Waals surface area contributed by atoms with Gasteiger partial charge in [-0.15, -0.1) is 0 Å². The second kappa shape index (κ2) is 4.97. The summed E-state index contributed by atoms with van der Waals surface area (Å²) in [6, 6.07) is 6.30. The summed E-state index contributed by atoms with van der Waals surface area (Å²) < 4.78 is 16.0. The van der Waals surface area contributed by atoms with Crippen LogP contribution in [0.25, 0.3) is 18.2 Å². The molecule has 3 nitrogen and oxygen atoms in total. The maximum absolute atomic E-state index is 5.32. The Kier molecular flexibility index (Phi) is 3.59. The monoisotopic (exact) mass is 248 g/mol. The van der Waals surface area contributed by atoms with Crippen molar-refractivity contribution < 1.29 is 13.3 Å². The van der Waals surface area contributed by atoms with Gasteiger partial charge < -0.3 is 13.3 Å². The first kappa shape index (κ1) is 12.3. The summed E-state index contributed by atoms with van der Waals surface area (Å²) in [5.41, 5.74) is 5.57. The topological polar surface area (TPSA) is 27.7 Å². The molecule has 0 heterocycles. The SMILES string of the molecule is CO[Si](/C=C/c1ccc2c(c1)C=C2)(OC)OC. The van der Waals surface area contributed by atoms with E-state index < -0.39 is 8.80 Å². The van der Waals surface area contributed by atoms with Crippen molar-refractivity contribution in [2.24, 2.45) is 0 Å². The van der Waals surface area contributed by atoms with Gasteiger partial charge in [0, 0.05) is 21.3 Å². The molecule has 0 saturated heterocycles. The Morgan fingerprint density at radius 3 is 2.06 bits per heavy atom. The van der Waals surface area contributed by atoms with E-state index in [1.54, 1.807) is 21.3 Å². The van der Waals surface area contributed by atoms with Crippen LogP contribution >= 0.6 is 0 Å². The zero-order chi connectivity index (χ0) is 12.3. The molecule has 0 unspecified atom stereocenters. The van der Waals surface area contributed by atoms with Crippen LogP contribution in [-0.2, 0) is 13.3 Å². The third kappa shape index (κ3) is 2.40. The van der Waals surface area contributed by atoms with Crippen LogP contribution in [-0.4, -0.2) is 30.1 Å². The molecule has 1 aliphatic rings. The fraction of sp³-hybridized carbons (Fsp3) is 0.231. The van der Waals surface area contributed by atoms with Gasteiger partial charge in [0.05, 0.1) is 0 Å². The molecule has 1 aromatic rings. The first-order chi connectivity index (χ1) is 8.23. The van der Waals surface area contributed by atoms with Gasteiger partial charge in [0.25, 0.3) is 0 Å². The van der Waals surface area contributed by atoms with Crippen molar-refractivity contribution in [3.8, 4) is 0 Å². The molecule has 0 radical (unpaired) electrons. The highest BCUT2D eigenvalue weighted by Gasteiger charge is 2.34. The van der Waals surface area contributed by atoms with Crippen LogP contribution < -0.4 is 0 Å². The van der Waals surface area contributed by atoms with Gasteiger partial charge >= 0.3 is 8.80 Å². The van der Waals surface area contributed by atoms with Crippen molar-refractivity contribution in [1.29, 1.82) is 0 Å². The van der Waals surface area contributed by atoms with Gasteiger partial charge in [-0.25, -0.2) is 0 Å². The quantitative estimate of drug-likeness (QED) is 0.761. The van der Waals surface area contributed by atoms with E-state index >= 15 is 0 Å². The molecule has 2 rings (SSSR count). The van der Waals surface area contributed by atoms with E-state index in [2.05, 4.69) is 30.4 Å². The van der Waals surface area contributed by atoms with E-state index in [-0.39, 0.29) is 0 Å². The third-order valence-corrected chi connectivity index (χ3v) is 5.17. The molecule has 0 bridgehead atoms. The maximum atomic E-state index is 5.32. The second-order valence-corrected chi connectivity index (χ2v) is 6.54. The number of hydrogen-bond acceptors (Lipinski definition) is 3. The van der Waals surface area contributed by atoms with Crippen LogP contribution in [0, 0.1) is 0 Å². The van der Waals surface area contributed by atoms with Crippen LogP contribution in [0.4, 0.5) is 0 Å². The Morgan fingerprint density at radius 2 is 1.59 bits per heavy atom. The first-order valence-corrected chi connectivity index (χ1v) is 7.20. The summed E-state index contributed by atoms with van der Waals surface area (Å²) in [6.07, 6.45) is 6.18. The van der Waals surface area contributed by atoms with Crippen LogP contribution in [0.5, 0.6) is 0 Å². The van der Waals surface area contributed by atoms with Crippen molar-refractivity contribution in [2.45, 2.75) is 0 Å². The molecule has 0 N–H and O–H groups in total. The number of fused-ring (bicyclic) bond motifs is 1. The Bertz CT molecular complexity index is 453. The molecule has 4 heteroatoms. The lowest BCUT2D eigenvalue weighted by Gasteiger charge is -2.20. The van der Waals surface area contributed by atoms with Gasteiger partial charge in [-0.3, -0.25) is 0 Å². The predicted molar refractivity (Wildman–Crippen MR) is 71.2 cm³/mol. The zero-order valence-electron chi connectivity index (χ0n) is 10.3. The molecule has 0 saturated carbocycles. The molecule has 17 heavy (non-hydrogen) atoms. The molecule has 0 fully saturated rings. The summed E-state index contributed by atoms with van der Waals surface area (Å²) in [5.74, 6) is 0. The number of hydrogen-bond donors (Lipinski definition) is 0. The molecule has 0 aliphatic heterocycles. The molecule has 0 spiro atoms. The lowest BCUT2D eigenvalue weighted by atomic mass is 9.96. The van der Waals surface area contributed by atoms with E-state index in [0.717, 1.165) is 5.56 Å². The highest BCUT2D eigenvalue weighted by Crippen LogP contribution is 2.25. The van der Waals surface area contributed by atoms with E-state index in [1.807, 2.05) is 11.8 Å². The van der Waals surface area contributed by atoms with Crippen molar-refractivity contribution >= 4 is 27.0 Å². The second-order valence-electron chi connectivity index (χ2n) is 3.77. The van der Waals surface area contributed by atoms with Gasteiger partial charge in [0.1, 0.15) is 0 Å². The summed E-state index contributed by atoms with van der Waals surface area (Å²) in [4.78, 5) is 0. The lowest BCUT2D eigenvalue weighted by Crippen LogP contribution is -2.40. The third-order valence-electron chi connectivity index (χ3n) is 2.89. The highest BCUT2D eigenvalue weighted by molar-refractivity contribution is 6.66. The normalized spacial score (nSPS) is 13.8. The van der Waals surface area contributed by atoms with Crippen LogP contribution in [0.15, 0.2) is 23.9 Å². The van der Waals surface area contributed by atoms with Gasteiger partial charge in [-0.05, 0) is 28.5 Å². The van der Waals surface area contributed by atoms with Gasteiger partial charge in [-0.2, -0.15) is 0 Å². The summed E-state index contributed by atoms with van der Waals surface area (Å²) in [7, 11) is 2.19. The molecular weight excluding hydrogens is 232 g/mol. The van der Waals surface area contributed by atoms with Crippen LogP contribution in [0.2, 0.25) is 0 Å². The summed E-state index contributed by atoms with van der Waals surface area (Å²) in [5, 5.41) is 0. The molecule has 90 valence electrons. The van der Waals surface area contributed by atoms with E-state index in [9.17, 15) is 0 Å². The van der Waals surface area contributed by atoms with Crippen molar-refractivity contribution in [1.82, 2.24) is 0 Å². The fourth-order valence-corrected chi connectivity index (χ4v) is 3.03. The largest absolute Gasteiger partial charge is 0.528 e. The average Bonchev–Trinajstić information content (AvgIpc) is 2.34. The minimum Gasteiger partial charge on any atom is -0.374 e. The summed E-state index contributed by atoms with van der Waals surface area (Å²) >= 11 is 0. The van der Waals surface area contributed by atoms with E-state index in [0.29, 0.717) is 0 Å². The Hall–Kier alpha value is -1.20. The highest BCUT2D eigenvalue weighted by atomic mass is 28.4. The molecular formula is C13H16O3Si. The molecule has 0 aromatic heterocycles. The Balaban J connectivity index is 2.17. The minimum atomic E-state index is -2.61.